The summed E-state index contributed by atoms with van der Waals surface area (Å²) in [4.78, 5) is 11.5. The van der Waals surface area contributed by atoms with Crippen molar-refractivity contribution < 1.29 is 14.3 Å². The topological polar surface area (TPSA) is 73.6 Å². The van der Waals surface area contributed by atoms with E-state index >= 15 is 0 Å². The van der Waals surface area contributed by atoms with Gasteiger partial charge in [-0.2, -0.15) is 0 Å². The van der Waals surface area contributed by atoms with Crippen molar-refractivity contribution in [2.45, 2.75) is 19.4 Å². The Morgan fingerprint density at radius 2 is 2.21 bits per heavy atom. The fourth-order valence-corrected chi connectivity index (χ4v) is 2.24. The molecule has 0 radical (unpaired) electrons. The van der Waals surface area contributed by atoms with Gasteiger partial charge in [0.2, 0.25) is 5.91 Å². The molecule has 1 amide bonds. The number of halogens is 1. The van der Waals surface area contributed by atoms with Gasteiger partial charge in [-0.1, -0.05) is 18.5 Å². The van der Waals surface area contributed by atoms with Crippen LogP contribution in [0.15, 0.2) is 12.1 Å². The van der Waals surface area contributed by atoms with Gasteiger partial charge >= 0.3 is 0 Å². The zero-order valence-electron chi connectivity index (χ0n) is 10.7. The fraction of sp³-hybridized carbons (Fsp3) is 0.462. The number of amides is 1. The first-order valence-electron chi connectivity index (χ1n) is 6.25. The molecular formula is C13H17ClN2O3. The highest BCUT2D eigenvalue weighted by molar-refractivity contribution is 6.32. The Hall–Kier alpha value is -1.46. The number of rotatable bonds is 5. The van der Waals surface area contributed by atoms with Crippen molar-refractivity contribution in [1.82, 2.24) is 5.32 Å². The summed E-state index contributed by atoms with van der Waals surface area (Å²) >= 11 is 6.15. The second kappa shape index (κ2) is 6.12. The van der Waals surface area contributed by atoms with Crippen LogP contribution in [-0.2, 0) is 4.79 Å². The van der Waals surface area contributed by atoms with E-state index < -0.39 is 11.9 Å². The van der Waals surface area contributed by atoms with E-state index in [4.69, 9.17) is 26.8 Å². The van der Waals surface area contributed by atoms with Crippen LogP contribution in [0, 0.1) is 0 Å². The van der Waals surface area contributed by atoms with E-state index in [9.17, 15) is 4.79 Å². The smallest absolute Gasteiger partial charge is 0.239 e. The second-order valence-corrected chi connectivity index (χ2v) is 4.72. The van der Waals surface area contributed by atoms with Crippen molar-refractivity contribution in [3.8, 4) is 11.5 Å². The number of hydrogen-bond donors (Lipinski definition) is 2. The summed E-state index contributed by atoms with van der Waals surface area (Å²) in [6, 6.07) is 2.86. The van der Waals surface area contributed by atoms with Crippen molar-refractivity contribution in [2.75, 3.05) is 19.8 Å². The summed E-state index contributed by atoms with van der Waals surface area (Å²) < 4.78 is 10.9. The molecule has 1 atom stereocenters. The highest BCUT2D eigenvalue weighted by Crippen LogP contribution is 2.39. The number of nitrogens with two attached hydrogens (primary N) is 1. The van der Waals surface area contributed by atoms with E-state index in [-0.39, 0.29) is 0 Å². The lowest BCUT2D eigenvalue weighted by molar-refractivity contribution is -0.120. The molecule has 0 saturated carbocycles. The van der Waals surface area contributed by atoms with E-state index in [0.717, 1.165) is 6.42 Å². The summed E-state index contributed by atoms with van der Waals surface area (Å²) in [6.07, 6.45) is 0.905. The standard InChI is InChI=1S/C13H17ClN2O3/c1-2-3-16-11(13(15)17)8-6-9(14)12-10(7-8)18-4-5-19-12/h6-7,11,16H,2-5H2,1H3,(H2,15,17). The fourth-order valence-electron chi connectivity index (χ4n) is 1.97. The lowest BCUT2D eigenvalue weighted by Crippen LogP contribution is -2.34. The Kier molecular flexibility index (Phi) is 4.50. The first-order chi connectivity index (χ1) is 9.13. The highest BCUT2D eigenvalue weighted by atomic mass is 35.5. The molecule has 19 heavy (non-hydrogen) atoms. The molecule has 0 aromatic heterocycles. The van der Waals surface area contributed by atoms with Gasteiger partial charge in [-0.05, 0) is 30.7 Å². The van der Waals surface area contributed by atoms with Crippen LogP contribution in [0.3, 0.4) is 0 Å². The van der Waals surface area contributed by atoms with Crippen molar-refractivity contribution in [3.63, 3.8) is 0 Å². The lowest BCUT2D eigenvalue weighted by Gasteiger charge is -2.22. The van der Waals surface area contributed by atoms with Gasteiger partial charge in [0.15, 0.2) is 11.5 Å². The maximum absolute atomic E-state index is 11.5. The maximum atomic E-state index is 11.5. The zero-order valence-corrected chi connectivity index (χ0v) is 11.5. The van der Waals surface area contributed by atoms with Crippen LogP contribution in [0.25, 0.3) is 0 Å². The summed E-state index contributed by atoms with van der Waals surface area (Å²) in [5, 5.41) is 3.52. The molecule has 0 aliphatic carbocycles. The molecule has 2 rings (SSSR count). The normalized spacial score (nSPS) is 15.1. The Bertz CT molecular complexity index is 479. The number of fused-ring (bicyclic) bond motifs is 1. The molecule has 1 heterocycles. The number of primary amides is 1. The molecule has 1 aliphatic heterocycles. The van der Waals surface area contributed by atoms with Crippen LogP contribution in [0.2, 0.25) is 5.02 Å². The molecule has 1 aliphatic rings. The first kappa shape index (κ1) is 14.0. The van der Waals surface area contributed by atoms with Crippen LogP contribution >= 0.6 is 11.6 Å². The van der Waals surface area contributed by atoms with Crippen LogP contribution in [-0.4, -0.2) is 25.7 Å². The first-order valence-corrected chi connectivity index (χ1v) is 6.63. The van der Waals surface area contributed by atoms with Crippen LogP contribution in [0.5, 0.6) is 11.5 Å². The van der Waals surface area contributed by atoms with Crippen LogP contribution in [0.4, 0.5) is 0 Å². The molecule has 1 aromatic rings. The molecule has 1 aromatic carbocycles. The second-order valence-electron chi connectivity index (χ2n) is 4.32. The summed E-state index contributed by atoms with van der Waals surface area (Å²) in [5.41, 5.74) is 6.11. The Morgan fingerprint density at radius 1 is 1.47 bits per heavy atom. The molecule has 3 N–H and O–H groups in total. The molecule has 104 valence electrons. The number of carbonyl (C=O) groups excluding carboxylic acids is 1. The predicted molar refractivity (Wildman–Crippen MR) is 72.7 cm³/mol. The number of carbonyl (C=O) groups is 1. The van der Waals surface area contributed by atoms with E-state index in [1.54, 1.807) is 12.1 Å². The van der Waals surface area contributed by atoms with Gasteiger partial charge in [0.25, 0.3) is 0 Å². The average molecular weight is 285 g/mol. The quantitative estimate of drug-likeness (QED) is 0.862. The van der Waals surface area contributed by atoms with Gasteiger partial charge in [-0.3, -0.25) is 4.79 Å². The van der Waals surface area contributed by atoms with Crippen LogP contribution < -0.4 is 20.5 Å². The number of ether oxygens (including phenoxy) is 2. The minimum atomic E-state index is -0.576. The van der Waals surface area contributed by atoms with Gasteiger partial charge in [-0.25, -0.2) is 0 Å². The Labute approximate surface area is 117 Å². The third-order valence-corrected chi connectivity index (χ3v) is 3.12. The molecule has 0 bridgehead atoms. The van der Waals surface area contributed by atoms with Crippen molar-refractivity contribution in [3.05, 3.63) is 22.7 Å². The van der Waals surface area contributed by atoms with Crippen LogP contribution in [0.1, 0.15) is 24.9 Å². The Morgan fingerprint density at radius 3 is 2.89 bits per heavy atom. The van der Waals surface area contributed by atoms with Gasteiger partial charge in [0, 0.05) is 0 Å². The third-order valence-electron chi connectivity index (χ3n) is 2.84. The van der Waals surface area contributed by atoms with E-state index in [1.165, 1.54) is 0 Å². The maximum Gasteiger partial charge on any atom is 0.239 e. The minimum absolute atomic E-state index is 0.428. The molecule has 1 unspecified atom stereocenters. The lowest BCUT2D eigenvalue weighted by atomic mass is 10.1. The van der Waals surface area contributed by atoms with Gasteiger partial charge in [0.1, 0.15) is 19.3 Å². The molecule has 0 fully saturated rings. The number of nitrogens with one attached hydrogen (secondary N) is 1. The third kappa shape index (κ3) is 3.11. The monoisotopic (exact) mass is 284 g/mol. The van der Waals surface area contributed by atoms with Gasteiger partial charge in [0.05, 0.1) is 5.02 Å². The van der Waals surface area contributed by atoms with Crippen molar-refractivity contribution in [2.24, 2.45) is 5.73 Å². The van der Waals surface area contributed by atoms with Crippen molar-refractivity contribution >= 4 is 17.5 Å². The zero-order chi connectivity index (χ0) is 13.8. The molecule has 0 saturated heterocycles. The van der Waals surface area contributed by atoms with E-state index in [2.05, 4.69) is 5.32 Å². The van der Waals surface area contributed by atoms with E-state index in [0.29, 0.717) is 41.8 Å². The molecule has 6 heteroatoms. The van der Waals surface area contributed by atoms with E-state index in [1.807, 2.05) is 6.92 Å². The predicted octanol–water partition coefficient (Wildman–Crippen LogP) is 1.64. The highest BCUT2D eigenvalue weighted by Gasteiger charge is 2.23. The summed E-state index contributed by atoms with van der Waals surface area (Å²) in [5.74, 6) is 0.634. The van der Waals surface area contributed by atoms with Gasteiger partial charge < -0.3 is 20.5 Å². The van der Waals surface area contributed by atoms with Gasteiger partial charge in [-0.15, -0.1) is 0 Å². The molecule has 5 nitrogen and oxygen atoms in total. The Balaban J connectivity index is 2.32. The largest absolute Gasteiger partial charge is 0.486 e. The molecule has 0 spiro atoms. The molecular weight excluding hydrogens is 268 g/mol. The average Bonchev–Trinajstić information content (AvgIpc) is 2.39. The number of benzene rings is 1. The minimum Gasteiger partial charge on any atom is -0.486 e. The summed E-state index contributed by atoms with van der Waals surface area (Å²) in [7, 11) is 0. The summed E-state index contributed by atoms with van der Waals surface area (Å²) in [6.45, 7) is 3.65. The van der Waals surface area contributed by atoms with Crippen molar-refractivity contribution in [1.29, 1.82) is 0 Å². The SMILES string of the molecule is CCCNC(C(N)=O)c1cc(Cl)c2c(c1)OCCO2. The number of hydrogen-bond acceptors (Lipinski definition) is 4.